The molecule has 120 valence electrons. The number of aromatic nitrogens is 3. The Labute approximate surface area is 133 Å². The first kappa shape index (κ1) is 15.2. The maximum absolute atomic E-state index is 12.7. The van der Waals surface area contributed by atoms with Crippen molar-refractivity contribution in [2.24, 2.45) is 0 Å². The molecule has 0 saturated heterocycles. The van der Waals surface area contributed by atoms with Gasteiger partial charge in [-0.1, -0.05) is 30.3 Å². The van der Waals surface area contributed by atoms with Crippen LogP contribution in [0.1, 0.15) is 35.1 Å². The lowest BCUT2D eigenvalue weighted by Crippen LogP contribution is -2.38. The molecule has 1 aromatic heterocycles. The molecule has 0 radical (unpaired) electrons. The van der Waals surface area contributed by atoms with Crippen LogP contribution in [0.2, 0.25) is 0 Å². The molecule has 7 heteroatoms. The summed E-state index contributed by atoms with van der Waals surface area (Å²) in [5.41, 5.74) is 2.48. The SMILES string of the molecule is CCc1c(C(=O)O)nnn1CC(=O)N1CCCc2ccccc21. The fourth-order valence-corrected chi connectivity index (χ4v) is 2.98. The van der Waals surface area contributed by atoms with Gasteiger partial charge in [0.05, 0.1) is 5.69 Å². The molecule has 0 atom stereocenters. The van der Waals surface area contributed by atoms with E-state index in [1.165, 1.54) is 4.68 Å². The number of nitrogens with zero attached hydrogens (tertiary/aromatic N) is 4. The van der Waals surface area contributed by atoms with Crippen LogP contribution in [0.3, 0.4) is 0 Å². The van der Waals surface area contributed by atoms with Crippen molar-refractivity contribution in [3.8, 4) is 0 Å². The van der Waals surface area contributed by atoms with E-state index in [4.69, 9.17) is 5.11 Å². The first-order chi connectivity index (χ1) is 11.1. The van der Waals surface area contributed by atoms with Crippen LogP contribution in [0.15, 0.2) is 24.3 Å². The third-order valence-electron chi connectivity index (χ3n) is 4.07. The van der Waals surface area contributed by atoms with Crippen molar-refractivity contribution in [3.63, 3.8) is 0 Å². The fourth-order valence-electron chi connectivity index (χ4n) is 2.98. The van der Waals surface area contributed by atoms with Gasteiger partial charge in [-0.25, -0.2) is 9.48 Å². The second-order valence-electron chi connectivity index (χ2n) is 5.48. The van der Waals surface area contributed by atoms with Crippen LogP contribution >= 0.6 is 0 Å². The number of amides is 1. The van der Waals surface area contributed by atoms with E-state index < -0.39 is 5.97 Å². The van der Waals surface area contributed by atoms with Crippen molar-refractivity contribution < 1.29 is 14.7 Å². The molecule has 3 rings (SSSR count). The van der Waals surface area contributed by atoms with Gasteiger partial charge in [-0.3, -0.25) is 4.79 Å². The topological polar surface area (TPSA) is 88.3 Å². The van der Waals surface area contributed by atoms with Gasteiger partial charge in [0.2, 0.25) is 5.91 Å². The van der Waals surface area contributed by atoms with Gasteiger partial charge in [-0.15, -0.1) is 5.10 Å². The Morgan fingerprint density at radius 1 is 1.30 bits per heavy atom. The normalized spacial score (nSPS) is 13.7. The highest BCUT2D eigenvalue weighted by Crippen LogP contribution is 2.27. The number of benzene rings is 1. The average molecular weight is 314 g/mol. The number of hydrogen-bond acceptors (Lipinski definition) is 4. The van der Waals surface area contributed by atoms with Gasteiger partial charge in [0, 0.05) is 12.2 Å². The molecule has 1 aliphatic heterocycles. The van der Waals surface area contributed by atoms with Crippen LogP contribution in [0.5, 0.6) is 0 Å². The maximum Gasteiger partial charge on any atom is 0.358 e. The van der Waals surface area contributed by atoms with E-state index in [-0.39, 0.29) is 18.1 Å². The minimum Gasteiger partial charge on any atom is -0.476 e. The largest absolute Gasteiger partial charge is 0.476 e. The molecule has 1 N–H and O–H groups in total. The van der Waals surface area contributed by atoms with Crippen molar-refractivity contribution >= 4 is 17.6 Å². The molecule has 0 unspecified atom stereocenters. The fraction of sp³-hybridized carbons (Fsp3) is 0.375. The predicted molar refractivity (Wildman–Crippen MR) is 83.5 cm³/mol. The summed E-state index contributed by atoms with van der Waals surface area (Å²) in [5, 5.41) is 16.6. The Kier molecular flexibility index (Phi) is 4.10. The van der Waals surface area contributed by atoms with Gasteiger partial charge in [0.25, 0.3) is 0 Å². The molecule has 0 bridgehead atoms. The minimum atomic E-state index is -1.12. The zero-order valence-corrected chi connectivity index (χ0v) is 12.9. The summed E-state index contributed by atoms with van der Waals surface area (Å²) in [7, 11) is 0. The first-order valence-corrected chi connectivity index (χ1v) is 7.65. The van der Waals surface area contributed by atoms with E-state index >= 15 is 0 Å². The number of hydrogen-bond donors (Lipinski definition) is 1. The number of carboxylic acids is 1. The Balaban J connectivity index is 1.85. The van der Waals surface area contributed by atoms with Gasteiger partial charge < -0.3 is 10.0 Å². The molecule has 1 aromatic carbocycles. The third kappa shape index (κ3) is 2.81. The maximum atomic E-state index is 12.7. The second kappa shape index (κ2) is 6.20. The Morgan fingerprint density at radius 2 is 2.09 bits per heavy atom. The first-order valence-electron chi connectivity index (χ1n) is 7.65. The molecule has 7 nitrogen and oxygen atoms in total. The molecular formula is C16H18N4O3. The van der Waals surface area contributed by atoms with E-state index in [1.54, 1.807) is 4.90 Å². The molecule has 0 saturated carbocycles. The molecule has 0 aliphatic carbocycles. The van der Waals surface area contributed by atoms with Gasteiger partial charge >= 0.3 is 5.97 Å². The number of carbonyl (C=O) groups is 2. The zero-order valence-electron chi connectivity index (χ0n) is 12.9. The number of fused-ring (bicyclic) bond motifs is 1. The number of aryl methyl sites for hydroxylation is 1. The Bertz CT molecular complexity index is 754. The quantitative estimate of drug-likeness (QED) is 0.924. The monoisotopic (exact) mass is 314 g/mol. The smallest absolute Gasteiger partial charge is 0.358 e. The zero-order chi connectivity index (χ0) is 16.4. The lowest BCUT2D eigenvalue weighted by Gasteiger charge is -2.29. The summed E-state index contributed by atoms with van der Waals surface area (Å²) in [6.07, 6.45) is 2.34. The van der Waals surface area contributed by atoms with Crippen LogP contribution in [0.4, 0.5) is 5.69 Å². The van der Waals surface area contributed by atoms with E-state index in [9.17, 15) is 9.59 Å². The predicted octanol–water partition coefficient (Wildman–Crippen LogP) is 1.52. The number of carbonyl (C=O) groups excluding carboxylic acids is 1. The average Bonchev–Trinajstić information content (AvgIpc) is 2.97. The highest BCUT2D eigenvalue weighted by molar-refractivity contribution is 5.94. The van der Waals surface area contributed by atoms with Crippen molar-refractivity contribution in [1.82, 2.24) is 15.0 Å². The third-order valence-corrected chi connectivity index (χ3v) is 4.07. The lowest BCUT2D eigenvalue weighted by atomic mass is 10.0. The van der Waals surface area contributed by atoms with E-state index in [2.05, 4.69) is 10.3 Å². The number of anilines is 1. The highest BCUT2D eigenvalue weighted by Gasteiger charge is 2.25. The van der Waals surface area contributed by atoms with Gasteiger partial charge in [-0.2, -0.15) is 0 Å². The summed E-state index contributed by atoms with van der Waals surface area (Å²) < 4.78 is 1.39. The van der Waals surface area contributed by atoms with Gasteiger partial charge in [0.1, 0.15) is 6.54 Å². The molecule has 2 aromatic rings. The van der Waals surface area contributed by atoms with E-state index in [0.717, 1.165) is 24.1 Å². The summed E-state index contributed by atoms with van der Waals surface area (Å²) >= 11 is 0. The summed E-state index contributed by atoms with van der Waals surface area (Å²) in [4.78, 5) is 25.6. The molecule has 2 heterocycles. The van der Waals surface area contributed by atoms with Crippen LogP contribution in [0.25, 0.3) is 0 Å². The van der Waals surface area contributed by atoms with Gasteiger partial charge in [-0.05, 0) is 30.9 Å². The van der Waals surface area contributed by atoms with Crippen molar-refractivity contribution in [1.29, 1.82) is 0 Å². The molecule has 1 amide bonds. The Morgan fingerprint density at radius 3 is 2.83 bits per heavy atom. The number of para-hydroxylation sites is 1. The van der Waals surface area contributed by atoms with Crippen LogP contribution < -0.4 is 4.90 Å². The summed E-state index contributed by atoms with van der Waals surface area (Å²) in [6.45, 7) is 2.48. The van der Waals surface area contributed by atoms with Gasteiger partial charge in [0.15, 0.2) is 5.69 Å². The Hall–Kier alpha value is -2.70. The highest BCUT2D eigenvalue weighted by atomic mass is 16.4. The molecule has 0 fully saturated rings. The van der Waals surface area contributed by atoms with E-state index in [0.29, 0.717) is 18.7 Å². The second-order valence-corrected chi connectivity index (χ2v) is 5.48. The number of aromatic carboxylic acids is 1. The summed E-state index contributed by atoms with van der Waals surface area (Å²) in [6, 6.07) is 7.86. The standard InChI is InChI=1S/C16H18N4O3/c1-2-12-15(16(22)23)17-18-20(12)10-14(21)19-9-5-7-11-6-3-4-8-13(11)19/h3-4,6,8H,2,5,7,9-10H2,1H3,(H,22,23). The van der Waals surface area contributed by atoms with E-state index in [1.807, 2.05) is 31.2 Å². The van der Waals surface area contributed by atoms with Crippen LogP contribution in [-0.2, 0) is 24.2 Å². The molecule has 1 aliphatic rings. The molecule has 0 spiro atoms. The van der Waals surface area contributed by atoms with Crippen LogP contribution in [-0.4, -0.2) is 38.5 Å². The lowest BCUT2D eigenvalue weighted by molar-refractivity contribution is -0.119. The molecular weight excluding hydrogens is 296 g/mol. The van der Waals surface area contributed by atoms with Crippen LogP contribution in [0, 0.1) is 0 Å². The van der Waals surface area contributed by atoms with Crippen molar-refractivity contribution in [3.05, 3.63) is 41.2 Å². The number of rotatable bonds is 4. The van der Waals surface area contributed by atoms with Crippen molar-refractivity contribution in [2.45, 2.75) is 32.7 Å². The minimum absolute atomic E-state index is 0.00219. The number of carboxylic acid groups (broad SMARTS) is 1. The summed E-state index contributed by atoms with van der Waals surface area (Å²) in [5.74, 6) is -1.22. The molecule has 23 heavy (non-hydrogen) atoms. The van der Waals surface area contributed by atoms with Crippen molar-refractivity contribution in [2.75, 3.05) is 11.4 Å².